The first kappa shape index (κ1) is 13.3. The Bertz CT molecular complexity index is 617. The van der Waals surface area contributed by atoms with Crippen LogP contribution in [0.2, 0.25) is 0 Å². The largest absolute Gasteiger partial charge is 0.488 e. The summed E-state index contributed by atoms with van der Waals surface area (Å²) in [5.41, 5.74) is 3.62. The van der Waals surface area contributed by atoms with E-state index in [1.807, 2.05) is 0 Å². The van der Waals surface area contributed by atoms with Crippen LogP contribution >= 0.6 is 7.92 Å². The SMILES string of the molecule is c1ccc(-c2cccc3c2P(C2CCCCC2)CO3)cc1. The van der Waals surface area contributed by atoms with E-state index in [4.69, 9.17) is 4.74 Å². The summed E-state index contributed by atoms with van der Waals surface area (Å²) in [6.07, 6.45) is 7.99. The van der Waals surface area contributed by atoms with Crippen molar-refractivity contribution in [1.29, 1.82) is 0 Å². The van der Waals surface area contributed by atoms with Crippen molar-refractivity contribution in [3.63, 3.8) is 0 Å². The maximum Gasteiger partial charge on any atom is 0.128 e. The topological polar surface area (TPSA) is 9.23 Å². The normalized spacial score (nSPS) is 21.8. The summed E-state index contributed by atoms with van der Waals surface area (Å²) in [4.78, 5) is 0. The van der Waals surface area contributed by atoms with Gasteiger partial charge in [-0.2, -0.15) is 0 Å². The van der Waals surface area contributed by atoms with E-state index in [0.29, 0.717) is 0 Å². The lowest BCUT2D eigenvalue weighted by Gasteiger charge is -2.27. The van der Waals surface area contributed by atoms with Gasteiger partial charge in [0.05, 0.1) is 0 Å². The summed E-state index contributed by atoms with van der Waals surface area (Å²) in [7, 11) is -0.146. The summed E-state index contributed by atoms with van der Waals surface area (Å²) >= 11 is 0. The van der Waals surface area contributed by atoms with Crippen molar-refractivity contribution in [2.45, 2.75) is 37.8 Å². The molecule has 0 amide bonds. The molecule has 0 N–H and O–H groups in total. The molecule has 1 heterocycles. The van der Waals surface area contributed by atoms with E-state index < -0.39 is 0 Å². The van der Waals surface area contributed by atoms with Gasteiger partial charge in [-0.05, 0) is 43.6 Å². The number of hydrogen-bond acceptors (Lipinski definition) is 1. The van der Waals surface area contributed by atoms with E-state index in [1.165, 1.54) is 48.5 Å². The molecule has 4 rings (SSSR count). The van der Waals surface area contributed by atoms with Crippen molar-refractivity contribution in [2.24, 2.45) is 0 Å². The van der Waals surface area contributed by atoms with Crippen LogP contribution in [-0.4, -0.2) is 12.0 Å². The molecule has 0 radical (unpaired) electrons. The molecule has 108 valence electrons. The molecule has 21 heavy (non-hydrogen) atoms. The molecule has 2 aromatic rings. The standard InChI is InChI=1S/C19H21OP/c1-3-8-15(9-4-1)17-12-7-13-18-19(17)21(14-20-18)16-10-5-2-6-11-16/h1,3-4,7-9,12-13,16H,2,5-6,10-11,14H2. The molecule has 0 saturated heterocycles. The van der Waals surface area contributed by atoms with Crippen LogP contribution in [0.25, 0.3) is 11.1 Å². The Labute approximate surface area is 128 Å². The Morgan fingerprint density at radius 1 is 0.857 bits per heavy atom. The fourth-order valence-corrected chi connectivity index (χ4v) is 6.58. The second kappa shape index (κ2) is 5.81. The molecule has 1 fully saturated rings. The highest BCUT2D eigenvalue weighted by atomic mass is 31.1. The van der Waals surface area contributed by atoms with Crippen molar-refractivity contribution in [1.82, 2.24) is 0 Å². The predicted molar refractivity (Wildman–Crippen MR) is 90.8 cm³/mol. The van der Waals surface area contributed by atoms with Gasteiger partial charge >= 0.3 is 0 Å². The third-order valence-corrected chi connectivity index (χ3v) is 7.59. The summed E-state index contributed by atoms with van der Waals surface area (Å²) in [5, 5.41) is 1.53. The van der Waals surface area contributed by atoms with E-state index in [1.54, 1.807) is 0 Å². The Morgan fingerprint density at radius 2 is 1.67 bits per heavy atom. The summed E-state index contributed by atoms with van der Waals surface area (Å²) in [6.45, 7) is 0. The van der Waals surface area contributed by atoms with Crippen molar-refractivity contribution >= 4 is 13.2 Å². The fraction of sp³-hybridized carbons (Fsp3) is 0.368. The van der Waals surface area contributed by atoms with E-state index >= 15 is 0 Å². The lowest BCUT2D eigenvalue weighted by molar-refractivity contribution is 0.399. The third kappa shape index (κ3) is 2.49. The smallest absolute Gasteiger partial charge is 0.128 e. The van der Waals surface area contributed by atoms with Gasteiger partial charge in [-0.1, -0.05) is 61.7 Å². The third-order valence-electron chi connectivity index (χ3n) is 4.75. The van der Waals surface area contributed by atoms with Crippen molar-refractivity contribution < 1.29 is 4.74 Å². The van der Waals surface area contributed by atoms with Crippen LogP contribution in [0.15, 0.2) is 48.5 Å². The van der Waals surface area contributed by atoms with Crippen molar-refractivity contribution in [3.05, 3.63) is 48.5 Å². The van der Waals surface area contributed by atoms with Crippen LogP contribution < -0.4 is 10.0 Å². The summed E-state index contributed by atoms with van der Waals surface area (Å²) < 4.78 is 6.06. The quantitative estimate of drug-likeness (QED) is 0.697. The van der Waals surface area contributed by atoms with Gasteiger partial charge in [0.1, 0.15) is 12.1 Å². The lowest BCUT2D eigenvalue weighted by Crippen LogP contribution is -2.17. The first-order chi connectivity index (χ1) is 10.4. The van der Waals surface area contributed by atoms with E-state index in [-0.39, 0.29) is 7.92 Å². The number of ether oxygens (including phenoxy) is 1. The molecule has 1 saturated carbocycles. The number of fused-ring (bicyclic) bond motifs is 1. The van der Waals surface area contributed by atoms with Crippen LogP contribution in [0.1, 0.15) is 32.1 Å². The van der Waals surface area contributed by atoms with Crippen molar-refractivity contribution in [3.8, 4) is 16.9 Å². The Morgan fingerprint density at radius 3 is 2.48 bits per heavy atom. The van der Waals surface area contributed by atoms with Gasteiger partial charge in [0.15, 0.2) is 0 Å². The van der Waals surface area contributed by atoms with Crippen LogP contribution in [0.5, 0.6) is 5.75 Å². The molecule has 2 aliphatic rings. The van der Waals surface area contributed by atoms with E-state index in [2.05, 4.69) is 48.5 Å². The molecule has 1 aliphatic heterocycles. The highest BCUT2D eigenvalue weighted by molar-refractivity contribution is 7.67. The highest BCUT2D eigenvalue weighted by Crippen LogP contribution is 2.54. The molecule has 1 atom stereocenters. The van der Waals surface area contributed by atoms with Gasteiger partial charge in [0, 0.05) is 5.30 Å². The number of hydrogen-bond donors (Lipinski definition) is 0. The van der Waals surface area contributed by atoms with E-state index in [0.717, 1.165) is 17.8 Å². The summed E-state index contributed by atoms with van der Waals surface area (Å²) in [6, 6.07) is 17.4. The Kier molecular flexibility index (Phi) is 3.69. The summed E-state index contributed by atoms with van der Waals surface area (Å²) in [5.74, 6) is 1.15. The van der Waals surface area contributed by atoms with Crippen LogP contribution in [-0.2, 0) is 0 Å². The highest BCUT2D eigenvalue weighted by Gasteiger charge is 2.33. The lowest BCUT2D eigenvalue weighted by atomic mass is 10.0. The fourth-order valence-electron chi connectivity index (χ4n) is 3.67. The second-order valence-electron chi connectivity index (χ2n) is 6.05. The molecule has 1 unspecified atom stereocenters. The zero-order chi connectivity index (χ0) is 14.1. The maximum atomic E-state index is 6.06. The van der Waals surface area contributed by atoms with Crippen molar-refractivity contribution in [2.75, 3.05) is 6.35 Å². The first-order valence-corrected chi connectivity index (χ1v) is 9.61. The van der Waals surface area contributed by atoms with Gasteiger partial charge in [0.25, 0.3) is 0 Å². The maximum absolute atomic E-state index is 6.06. The first-order valence-electron chi connectivity index (χ1n) is 8.01. The minimum absolute atomic E-state index is 0.146. The molecule has 0 spiro atoms. The Hall–Kier alpha value is -1.33. The van der Waals surface area contributed by atoms with Crippen LogP contribution in [0, 0.1) is 0 Å². The minimum atomic E-state index is -0.146. The van der Waals surface area contributed by atoms with Gasteiger partial charge in [-0.3, -0.25) is 0 Å². The average Bonchev–Trinajstić information content (AvgIpc) is 3.00. The molecular weight excluding hydrogens is 275 g/mol. The molecular formula is C19H21OP. The predicted octanol–water partition coefficient (Wildman–Crippen LogP) is 5.14. The molecule has 1 nitrogen and oxygen atoms in total. The van der Waals surface area contributed by atoms with Gasteiger partial charge in [-0.25, -0.2) is 0 Å². The molecule has 0 aromatic heterocycles. The zero-order valence-electron chi connectivity index (χ0n) is 12.3. The zero-order valence-corrected chi connectivity index (χ0v) is 13.2. The molecule has 1 aliphatic carbocycles. The van der Waals surface area contributed by atoms with Gasteiger partial charge in [0.2, 0.25) is 0 Å². The van der Waals surface area contributed by atoms with Gasteiger partial charge in [-0.15, -0.1) is 0 Å². The number of rotatable bonds is 2. The average molecular weight is 296 g/mol. The van der Waals surface area contributed by atoms with Crippen LogP contribution in [0.4, 0.5) is 0 Å². The van der Waals surface area contributed by atoms with Crippen LogP contribution in [0.3, 0.4) is 0 Å². The van der Waals surface area contributed by atoms with E-state index in [9.17, 15) is 0 Å². The Balaban J connectivity index is 1.76. The number of benzene rings is 2. The minimum Gasteiger partial charge on any atom is -0.488 e. The molecule has 0 bridgehead atoms. The monoisotopic (exact) mass is 296 g/mol. The van der Waals surface area contributed by atoms with Gasteiger partial charge < -0.3 is 4.74 Å². The molecule has 2 aromatic carbocycles. The second-order valence-corrected chi connectivity index (χ2v) is 8.43. The molecule has 2 heteroatoms.